The van der Waals surface area contributed by atoms with Crippen LogP contribution >= 0.6 is 0 Å². The molecule has 32 heavy (non-hydrogen) atoms. The normalized spacial score (nSPS) is 16.8. The molecular formula is C22H24N4O5S. The number of carboxylic acids is 1. The summed E-state index contributed by atoms with van der Waals surface area (Å²) in [5.74, 6) is -0.470. The number of carbonyl (C=O) groups is 1. The van der Waals surface area contributed by atoms with Crippen molar-refractivity contribution in [3.63, 3.8) is 0 Å². The van der Waals surface area contributed by atoms with Crippen LogP contribution in [0.2, 0.25) is 0 Å². The van der Waals surface area contributed by atoms with Crippen molar-refractivity contribution >= 4 is 26.9 Å². The zero-order valence-corrected chi connectivity index (χ0v) is 18.6. The van der Waals surface area contributed by atoms with Gasteiger partial charge in [-0.3, -0.25) is 14.3 Å². The number of aromatic nitrogens is 2. The molecule has 1 saturated heterocycles. The largest absolute Gasteiger partial charge is 0.478 e. The Morgan fingerprint density at radius 1 is 1.03 bits per heavy atom. The Balaban J connectivity index is 1.51. The molecule has 1 atom stereocenters. The number of para-hydroxylation sites is 1. The molecule has 1 N–H and O–H groups in total. The van der Waals surface area contributed by atoms with Gasteiger partial charge in [-0.05, 0) is 43.3 Å². The van der Waals surface area contributed by atoms with E-state index in [4.69, 9.17) is 10.1 Å². The zero-order chi connectivity index (χ0) is 23.0. The maximum Gasteiger partial charge on any atom is 0.335 e. The molecule has 1 aliphatic rings. The molecule has 9 nitrogen and oxygen atoms in total. The van der Waals surface area contributed by atoms with E-state index in [1.165, 1.54) is 28.6 Å². The SMILES string of the molecule is CC(c1nc2ccccc2c(=O)n1C)N1CCN(S(=O)(=O)c2ccc(C(=O)O)cc2)CC1. The van der Waals surface area contributed by atoms with Gasteiger partial charge in [0.1, 0.15) is 5.82 Å². The van der Waals surface area contributed by atoms with Gasteiger partial charge in [0.05, 0.1) is 27.4 Å². The van der Waals surface area contributed by atoms with E-state index in [0.29, 0.717) is 29.8 Å². The predicted octanol–water partition coefficient (Wildman–Crippen LogP) is 1.70. The molecule has 0 aliphatic carbocycles. The van der Waals surface area contributed by atoms with E-state index in [0.717, 1.165) is 0 Å². The number of fused-ring (bicyclic) bond motifs is 1. The third-order valence-corrected chi connectivity index (χ3v) is 7.86. The lowest BCUT2D eigenvalue weighted by molar-refractivity contribution is 0.0696. The Bertz CT molecular complexity index is 1330. The maximum absolute atomic E-state index is 13.0. The number of hydrogen-bond donors (Lipinski definition) is 1. The van der Waals surface area contributed by atoms with Gasteiger partial charge >= 0.3 is 5.97 Å². The number of benzene rings is 2. The van der Waals surface area contributed by atoms with Crippen LogP contribution in [0.25, 0.3) is 10.9 Å². The van der Waals surface area contributed by atoms with Crippen LogP contribution in [-0.2, 0) is 17.1 Å². The molecule has 1 aliphatic heterocycles. The summed E-state index contributed by atoms with van der Waals surface area (Å²) in [5.41, 5.74) is 0.572. The van der Waals surface area contributed by atoms with Crippen LogP contribution in [0, 0.1) is 0 Å². The highest BCUT2D eigenvalue weighted by atomic mass is 32.2. The molecule has 0 spiro atoms. The van der Waals surface area contributed by atoms with Crippen LogP contribution in [0.4, 0.5) is 0 Å². The molecule has 4 rings (SSSR count). The van der Waals surface area contributed by atoms with Crippen LogP contribution in [0.3, 0.4) is 0 Å². The first-order chi connectivity index (χ1) is 15.2. The van der Waals surface area contributed by atoms with Crippen LogP contribution in [0.1, 0.15) is 29.1 Å². The number of rotatable bonds is 5. The minimum atomic E-state index is -3.72. The minimum Gasteiger partial charge on any atom is -0.478 e. The molecular weight excluding hydrogens is 432 g/mol. The topological polar surface area (TPSA) is 113 Å². The van der Waals surface area contributed by atoms with Crippen LogP contribution in [0.5, 0.6) is 0 Å². The second-order valence-corrected chi connectivity index (χ2v) is 9.73. The van der Waals surface area contributed by atoms with E-state index in [9.17, 15) is 18.0 Å². The molecule has 2 aromatic carbocycles. The van der Waals surface area contributed by atoms with Crippen molar-refractivity contribution < 1.29 is 18.3 Å². The molecule has 0 radical (unpaired) electrons. The Morgan fingerprint density at radius 3 is 2.28 bits per heavy atom. The standard InChI is InChI=1S/C22H24N4O5S/c1-15(20-23-19-6-4-3-5-18(19)21(27)24(20)2)25-11-13-26(14-12-25)32(30,31)17-9-7-16(8-10-17)22(28)29/h3-10,15H,11-14H2,1-2H3,(H,28,29). The Labute approximate surface area is 185 Å². The molecule has 168 valence electrons. The number of aromatic carboxylic acids is 1. The molecule has 0 saturated carbocycles. The molecule has 3 aromatic rings. The molecule has 1 fully saturated rings. The lowest BCUT2D eigenvalue weighted by Crippen LogP contribution is -2.49. The Hall–Kier alpha value is -3.08. The van der Waals surface area contributed by atoms with E-state index in [1.807, 2.05) is 25.1 Å². The monoisotopic (exact) mass is 456 g/mol. The van der Waals surface area contributed by atoms with Crippen molar-refractivity contribution in [3.05, 3.63) is 70.3 Å². The van der Waals surface area contributed by atoms with Crippen LogP contribution in [-0.4, -0.2) is 64.4 Å². The van der Waals surface area contributed by atoms with Gasteiger partial charge in [0.2, 0.25) is 10.0 Å². The number of hydrogen-bond acceptors (Lipinski definition) is 6. The number of sulfonamides is 1. The summed E-state index contributed by atoms with van der Waals surface area (Å²) < 4.78 is 28.9. The minimum absolute atomic E-state index is 0.0380. The first-order valence-corrected chi connectivity index (χ1v) is 11.7. The third kappa shape index (κ3) is 3.92. The fourth-order valence-corrected chi connectivity index (χ4v) is 5.44. The van der Waals surface area contributed by atoms with Crippen LogP contribution in [0.15, 0.2) is 58.2 Å². The quantitative estimate of drug-likeness (QED) is 0.622. The van der Waals surface area contributed by atoms with E-state index >= 15 is 0 Å². The smallest absolute Gasteiger partial charge is 0.335 e. The average Bonchev–Trinajstić information content (AvgIpc) is 2.81. The van der Waals surface area contributed by atoms with Crippen LogP contribution < -0.4 is 5.56 Å². The van der Waals surface area contributed by atoms with E-state index < -0.39 is 16.0 Å². The second kappa shape index (κ2) is 8.45. The van der Waals surface area contributed by atoms with E-state index in [-0.39, 0.29) is 35.1 Å². The lowest BCUT2D eigenvalue weighted by Gasteiger charge is -2.37. The molecule has 1 unspecified atom stereocenters. The molecule has 0 amide bonds. The summed E-state index contributed by atoms with van der Waals surface area (Å²) in [6, 6.07) is 12.3. The summed E-state index contributed by atoms with van der Waals surface area (Å²) in [4.78, 5) is 30.6. The van der Waals surface area contributed by atoms with Crippen molar-refractivity contribution in [1.29, 1.82) is 0 Å². The number of nitrogens with zero attached hydrogens (tertiary/aromatic N) is 4. The first kappa shape index (κ1) is 22.1. The molecule has 0 bridgehead atoms. The number of piperazine rings is 1. The summed E-state index contributed by atoms with van der Waals surface area (Å²) in [6.07, 6.45) is 0. The molecule has 10 heteroatoms. The van der Waals surface area contributed by atoms with Gasteiger partial charge in [0.25, 0.3) is 5.56 Å². The Kier molecular flexibility index (Phi) is 5.85. The molecule has 1 aromatic heterocycles. The lowest BCUT2D eigenvalue weighted by atomic mass is 10.2. The highest BCUT2D eigenvalue weighted by Gasteiger charge is 2.31. The van der Waals surface area contributed by atoms with Gasteiger partial charge in [-0.2, -0.15) is 4.31 Å². The maximum atomic E-state index is 13.0. The van der Waals surface area contributed by atoms with Gasteiger partial charge in [0.15, 0.2) is 0 Å². The van der Waals surface area contributed by atoms with E-state index in [1.54, 1.807) is 17.7 Å². The van der Waals surface area contributed by atoms with E-state index in [2.05, 4.69) is 4.90 Å². The third-order valence-electron chi connectivity index (χ3n) is 5.95. The highest BCUT2D eigenvalue weighted by Crippen LogP contribution is 2.24. The average molecular weight is 457 g/mol. The van der Waals surface area contributed by atoms with Crippen molar-refractivity contribution in [1.82, 2.24) is 18.8 Å². The highest BCUT2D eigenvalue weighted by molar-refractivity contribution is 7.89. The predicted molar refractivity (Wildman–Crippen MR) is 119 cm³/mol. The molecule has 2 heterocycles. The van der Waals surface area contributed by atoms with Gasteiger partial charge in [0, 0.05) is 33.2 Å². The van der Waals surface area contributed by atoms with Crippen molar-refractivity contribution in [2.75, 3.05) is 26.2 Å². The van der Waals surface area contributed by atoms with Gasteiger partial charge in [-0.1, -0.05) is 12.1 Å². The van der Waals surface area contributed by atoms with Gasteiger partial charge < -0.3 is 5.11 Å². The fraction of sp³-hybridized carbons (Fsp3) is 0.318. The summed E-state index contributed by atoms with van der Waals surface area (Å²) in [5, 5.41) is 9.57. The fourth-order valence-electron chi connectivity index (χ4n) is 4.02. The Morgan fingerprint density at radius 2 is 1.66 bits per heavy atom. The summed E-state index contributed by atoms with van der Waals surface area (Å²) in [6.45, 7) is 3.50. The summed E-state index contributed by atoms with van der Waals surface area (Å²) >= 11 is 0. The van der Waals surface area contributed by atoms with Crippen molar-refractivity contribution in [3.8, 4) is 0 Å². The van der Waals surface area contributed by atoms with Gasteiger partial charge in [-0.15, -0.1) is 0 Å². The van der Waals surface area contributed by atoms with Crippen molar-refractivity contribution in [2.45, 2.75) is 17.9 Å². The zero-order valence-electron chi connectivity index (χ0n) is 17.8. The number of carboxylic acid groups (broad SMARTS) is 1. The van der Waals surface area contributed by atoms with Gasteiger partial charge in [-0.25, -0.2) is 18.2 Å². The second-order valence-electron chi connectivity index (χ2n) is 7.80. The first-order valence-electron chi connectivity index (χ1n) is 10.2. The summed E-state index contributed by atoms with van der Waals surface area (Å²) in [7, 11) is -2.02. The van der Waals surface area contributed by atoms with Crippen molar-refractivity contribution in [2.24, 2.45) is 7.05 Å².